The molecule has 1 aliphatic rings. The van der Waals surface area contributed by atoms with Crippen LogP contribution in [0, 0.1) is 0 Å². The largest absolute Gasteiger partial charge is 0.346 e. The predicted molar refractivity (Wildman–Crippen MR) is 77.2 cm³/mol. The fourth-order valence-electron chi connectivity index (χ4n) is 2.11. The highest BCUT2D eigenvalue weighted by Gasteiger charge is 2.21. The van der Waals surface area contributed by atoms with Gasteiger partial charge in [-0.15, -0.1) is 11.3 Å². The van der Waals surface area contributed by atoms with E-state index >= 15 is 0 Å². The van der Waals surface area contributed by atoms with Crippen molar-refractivity contribution in [2.45, 2.75) is 19.5 Å². The van der Waals surface area contributed by atoms with Crippen molar-refractivity contribution >= 4 is 33.2 Å². The average molecular weight is 341 g/mol. The van der Waals surface area contributed by atoms with Gasteiger partial charge in [-0.1, -0.05) is 0 Å². The zero-order valence-corrected chi connectivity index (χ0v) is 12.5. The van der Waals surface area contributed by atoms with Gasteiger partial charge < -0.3 is 10.6 Å². The van der Waals surface area contributed by atoms with Gasteiger partial charge in [-0.2, -0.15) is 5.10 Å². The van der Waals surface area contributed by atoms with Crippen molar-refractivity contribution < 1.29 is 4.79 Å². The van der Waals surface area contributed by atoms with Crippen LogP contribution < -0.4 is 10.6 Å². The lowest BCUT2D eigenvalue weighted by Gasteiger charge is -2.12. The highest BCUT2D eigenvalue weighted by molar-refractivity contribution is 9.10. The summed E-state index contributed by atoms with van der Waals surface area (Å²) in [5.74, 6) is -0.120. The Hall–Kier alpha value is -1.18. The number of amides is 1. The minimum Gasteiger partial charge on any atom is -0.346 e. The second-order valence-corrected chi connectivity index (χ2v) is 6.28. The minimum atomic E-state index is -0.120. The van der Waals surface area contributed by atoms with Crippen LogP contribution in [0.5, 0.6) is 0 Å². The number of nitrogens with zero attached hydrogens (tertiary/aromatic N) is 1. The fourth-order valence-corrected chi connectivity index (χ4v) is 3.50. The van der Waals surface area contributed by atoms with E-state index in [0.29, 0.717) is 18.8 Å². The van der Waals surface area contributed by atoms with E-state index < -0.39 is 0 Å². The van der Waals surface area contributed by atoms with Crippen molar-refractivity contribution in [3.63, 3.8) is 0 Å². The first-order valence-corrected chi connectivity index (χ1v) is 7.69. The van der Waals surface area contributed by atoms with E-state index in [9.17, 15) is 4.79 Å². The van der Waals surface area contributed by atoms with E-state index in [1.165, 1.54) is 0 Å². The first kappa shape index (κ1) is 12.8. The molecule has 7 heteroatoms. The Morgan fingerprint density at radius 1 is 1.58 bits per heavy atom. The number of thiophene rings is 1. The monoisotopic (exact) mass is 340 g/mol. The smallest absolute Gasteiger partial charge is 0.272 e. The first-order valence-electron chi connectivity index (χ1n) is 6.02. The lowest BCUT2D eigenvalue weighted by atomic mass is 10.1. The molecule has 0 aromatic carbocycles. The van der Waals surface area contributed by atoms with E-state index in [2.05, 4.69) is 36.8 Å². The van der Waals surface area contributed by atoms with Crippen LogP contribution in [0.4, 0.5) is 0 Å². The quantitative estimate of drug-likeness (QED) is 0.798. The maximum Gasteiger partial charge on any atom is 0.272 e. The van der Waals surface area contributed by atoms with Gasteiger partial charge in [-0.3, -0.25) is 9.89 Å². The molecular formula is C12H13BrN4OS. The minimum absolute atomic E-state index is 0.120. The second kappa shape index (κ2) is 5.44. The number of halogens is 1. The molecule has 100 valence electrons. The van der Waals surface area contributed by atoms with Gasteiger partial charge in [0.05, 0.1) is 6.54 Å². The van der Waals surface area contributed by atoms with Crippen molar-refractivity contribution in [3.05, 3.63) is 37.7 Å². The molecule has 0 atom stereocenters. The SMILES string of the molecule is O=C(NCc1cc(Br)cs1)c1n[nH]c2c1CNCC2. The van der Waals surface area contributed by atoms with Crippen LogP contribution in [0.25, 0.3) is 0 Å². The highest BCUT2D eigenvalue weighted by Crippen LogP contribution is 2.20. The summed E-state index contributed by atoms with van der Waals surface area (Å²) in [6.45, 7) is 2.17. The Morgan fingerprint density at radius 2 is 2.47 bits per heavy atom. The Balaban J connectivity index is 1.69. The summed E-state index contributed by atoms with van der Waals surface area (Å²) in [5.41, 5.74) is 2.58. The van der Waals surface area contributed by atoms with Gasteiger partial charge in [0.15, 0.2) is 5.69 Å². The number of hydrogen-bond donors (Lipinski definition) is 3. The van der Waals surface area contributed by atoms with E-state index in [1.807, 2.05) is 11.4 Å². The number of carbonyl (C=O) groups excluding carboxylic acids is 1. The van der Waals surface area contributed by atoms with Gasteiger partial charge in [-0.25, -0.2) is 0 Å². The standard InChI is InChI=1S/C12H13BrN4OS/c13-7-3-8(19-6-7)4-15-12(18)11-9-5-14-2-1-10(9)16-17-11/h3,6,14H,1-2,4-5H2,(H,15,18)(H,16,17). The van der Waals surface area contributed by atoms with Gasteiger partial charge in [0.1, 0.15) is 0 Å². The molecule has 0 saturated carbocycles. The molecule has 3 heterocycles. The van der Waals surface area contributed by atoms with Crippen LogP contribution >= 0.6 is 27.3 Å². The van der Waals surface area contributed by atoms with E-state index in [1.54, 1.807) is 11.3 Å². The van der Waals surface area contributed by atoms with Crippen molar-refractivity contribution in [2.24, 2.45) is 0 Å². The number of rotatable bonds is 3. The number of nitrogens with one attached hydrogen (secondary N) is 3. The molecule has 3 rings (SSSR count). The molecule has 2 aromatic heterocycles. The summed E-state index contributed by atoms with van der Waals surface area (Å²) in [5, 5.41) is 15.2. The Labute approximate surface area is 122 Å². The Morgan fingerprint density at radius 3 is 3.26 bits per heavy atom. The summed E-state index contributed by atoms with van der Waals surface area (Å²) in [6, 6.07) is 2.01. The number of carbonyl (C=O) groups is 1. The Bertz CT molecular complexity index is 607. The van der Waals surface area contributed by atoms with Gasteiger partial charge >= 0.3 is 0 Å². The third-order valence-electron chi connectivity index (χ3n) is 3.07. The van der Waals surface area contributed by atoms with E-state index in [4.69, 9.17) is 0 Å². The second-order valence-electron chi connectivity index (χ2n) is 4.37. The van der Waals surface area contributed by atoms with Crippen molar-refractivity contribution in [3.8, 4) is 0 Å². The Kier molecular flexibility index (Phi) is 3.67. The van der Waals surface area contributed by atoms with Crippen molar-refractivity contribution in [2.75, 3.05) is 6.54 Å². The first-order chi connectivity index (χ1) is 9.24. The lowest BCUT2D eigenvalue weighted by molar-refractivity contribution is 0.0945. The van der Waals surface area contributed by atoms with Crippen LogP contribution in [0.1, 0.15) is 26.6 Å². The maximum atomic E-state index is 12.1. The fraction of sp³-hybridized carbons (Fsp3) is 0.333. The molecular weight excluding hydrogens is 328 g/mol. The third kappa shape index (κ3) is 2.72. The van der Waals surface area contributed by atoms with Gasteiger partial charge in [0, 0.05) is 45.5 Å². The maximum absolute atomic E-state index is 12.1. The summed E-state index contributed by atoms with van der Waals surface area (Å²) in [4.78, 5) is 13.2. The number of hydrogen-bond acceptors (Lipinski definition) is 4. The van der Waals surface area contributed by atoms with E-state index in [-0.39, 0.29) is 5.91 Å². The average Bonchev–Trinajstić information content (AvgIpc) is 3.02. The number of H-pyrrole nitrogens is 1. The molecule has 2 aromatic rings. The van der Waals surface area contributed by atoms with Crippen LogP contribution in [0.15, 0.2) is 15.9 Å². The van der Waals surface area contributed by atoms with Crippen molar-refractivity contribution in [1.82, 2.24) is 20.8 Å². The molecule has 0 radical (unpaired) electrons. The molecule has 1 aliphatic heterocycles. The molecule has 0 spiro atoms. The molecule has 0 aliphatic carbocycles. The molecule has 0 bridgehead atoms. The normalized spacial score (nSPS) is 14.2. The van der Waals surface area contributed by atoms with Gasteiger partial charge in [0.25, 0.3) is 5.91 Å². The summed E-state index contributed by atoms with van der Waals surface area (Å²) in [7, 11) is 0. The van der Waals surface area contributed by atoms with Crippen LogP contribution in [-0.4, -0.2) is 22.6 Å². The summed E-state index contributed by atoms with van der Waals surface area (Å²) in [6.07, 6.45) is 0.896. The highest BCUT2D eigenvalue weighted by atomic mass is 79.9. The zero-order valence-electron chi connectivity index (χ0n) is 10.1. The molecule has 0 fully saturated rings. The molecule has 0 unspecified atom stereocenters. The molecule has 5 nitrogen and oxygen atoms in total. The molecule has 3 N–H and O–H groups in total. The zero-order chi connectivity index (χ0) is 13.2. The number of fused-ring (bicyclic) bond motifs is 1. The van der Waals surface area contributed by atoms with Crippen LogP contribution in [-0.2, 0) is 19.5 Å². The van der Waals surface area contributed by atoms with Gasteiger partial charge in [0.2, 0.25) is 0 Å². The topological polar surface area (TPSA) is 69.8 Å². The van der Waals surface area contributed by atoms with Crippen molar-refractivity contribution in [1.29, 1.82) is 0 Å². The van der Waals surface area contributed by atoms with Crippen LogP contribution in [0.3, 0.4) is 0 Å². The van der Waals surface area contributed by atoms with E-state index in [0.717, 1.165) is 33.6 Å². The lowest BCUT2D eigenvalue weighted by Crippen LogP contribution is -2.28. The molecule has 1 amide bonds. The number of aromatic nitrogens is 2. The molecule has 19 heavy (non-hydrogen) atoms. The van der Waals surface area contributed by atoms with Crippen LogP contribution in [0.2, 0.25) is 0 Å². The summed E-state index contributed by atoms with van der Waals surface area (Å²) < 4.78 is 1.04. The number of aromatic amines is 1. The predicted octanol–water partition coefficient (Wildman–Crippen LogP) is 1.81. The van der Waals surface area contributed by atoms with Gasteiger partial charge in [-0.05, 0) is 22.0 Å². The molecule has 0 saturated heterocycles. The third-order valence-corrected chi connectivity index (χ3v) is 4.76. The summed E-state index contributed by atoms with van der Waals surface area (Å²) >= 11 is 5.01.